The molecule has 0 atom stereocenters. The summed E-state index contributed by atoms with van der Waals surface area (Å²) in [5, 5.41) is 10.8. The van der Waals surface area contributed by atoms with Gasteiger partial charge in [0.05, 0.1) is 16.6 Å². The van der Waals surface area contributed by atoms with Gasteiger partial charge in [0.2, 0.25) is 0 Å². The lowest BCUT2D eigenvalue weighted by Crippen LogP contribution is -2.34. The molecule has 3 aromatic carbocycles. The number of aromatic carboxylic acids is 1. The Labute approximate surface area is 260 Å². The number of hydrogen-bond donors (Lipinski definition) is 1. The van der Waals surface area contributed by atoms with Gasteiger partial charge in [-0.2, -0.15) is 0 Å². The average molecular weight is 612 g/mol. The quantitative estimate of drug-likeness (QED) is 0.179. The minimum absolute atomic E-state index is 0.0312. The molecule has 0 amide bonds. The van der Waals surface area contributed by atoms with Crippen LogP contribution < -0.4 is 0 Å². The summed E-state index contributed by atoms with van der Waals surface area (Å²) in [4.78, 5) is 23.1. The molecule has 5 aromatic rings. The minimum Gasteiger partial charge on any atom is -0.478 e. The van der Waals surface area contributed by atoms with Crippen LogP contribution in [0.2, 0.25) is 10.0 Å². The molecule has 1 saturated heterocycles. The molecule has 0 radical (unpaired) electrons. The van der Waals surface area contributed by atoms with Crippen molar-refractivity contribution in [3.63, 3.8) is 0 Å². The van der Waals surface area contributed by atoms with Gasteiger partial charge in [0.25, 0.3) is 0 Å². The second kappa shape index (κ2) is 11.8. The average Bonchev–Trinajstić information content (AvgIpc) is 3.80. The number of hydrogen-bond acceptors (Lipinski definition) is 4. The van der Waals surface area contributed by atoms with Crippen LogP contribution in [0.3, 0.4) is 0 Å². The van der Waals surface area contributed by atoms with Crippen LogP contribution in [0.4, 0.5) is 0 Å². The number of imidazole rings is 1. The molecule has 2 aromatic heterocycles. The summed E-state index contributed by atoms with van der Waals surface area (Å²) < 4.78 is 2.54. The lowest BCUT2D eigenvalue weighted by Gasteiger charge is -2.33. The first-order chi connectivity index (χ1) is 20.9. The Kier molecular flexibility index (Phi) is 7.68. The third-order valence-electron chi connectivity index (χ3n) is 8.79. The molecule has 218 valence electrons. The van der Waals surface area contributed by atoms with Crippen molar-refractivity contribution in [2.45, 2.75) is 50.1 Å². The largest absolute Gasteiger partial charge is 0.478 e. The minimum atomic E-state index is -0.943. The molecule has 2 fully saturated rings. The molecule has 1 aliphatic heterocycles. The highest BCUT2D eigenvalue weighted by atomic mass is 35.5. The van der Waals surface area contributed by atoms with Crippen molar-refractivity contribution in [3.05, 3.63) is 129 Å². The Balaban J connectivity index is 1.21. The molecular formula is C35H32Cl2N4O2. The fraction of sp³-hybridized carbons (Fsp3) is 0.286. The number of carbonyl (C=O) groups is 1. The zero-order valence-corrected chi connectivity index (χ0v) is 25.2. The maximum atomic E-state index is 11.4. The number of aromatic nitrogens is 3. The first kappa shape index (κ1) is 28.1. The first-order valence-electron chi connectivity index (χ1n) is 14.9. The molecule has 2 aliphatic rings. The number of carboxylic acid groups (broad SMARTS) is 1. The molecule has 1 N–H and O–H groups in total. The van der Waals surface area contributed by atoms with E-state index >= 15 is 0 Å². The summed E-state index contributed by atoms with van der Waals surface area (Å²) in [6.45, 7) is 2.57. The Morgan fingerprint density at radius 1 is 0.837 bits per heavy atom. The van der Waals surface area contributed by atoms with Crippen molar-refractivity contribution in [1.82, 2.24) is 19.4 Å². The predicted molar refractivity (Wildman–Crippen MR) is 170 cm³/mol. The Morgan fingerprint density at radius 3 is 2.07 bits per heavy atom. The fourth-order valence-corrected chi connectivity index (χ4v) is 6.75. The summed E-state index contributed by atoms with van der Waals surface area (Å²) >= 11 is 12.5. The van der Waals surface area contributed by atoms with E-state index in [1.54, 1.807) is 12.3 Å². The molecule has 6 nitrogen and oxygen atoms in total. The highest BCUT2D eigenvalue weighted by Crippen LogP contribution is 2.44. The summed E-state index contributed by atoms with van der Waals surface area (Å²) in [5.41, 5.74) is 6.98. The normalized spacial score (nSPS) is 16.3. The van der Waals surface area contributed by atoms with Gasteiger partial charge in [-0.3, -0.25) is 9.88 Å². The number of halogens is 2. The summed E-state index contributed by atoms with van der Waals surface area (Å²) in [6.07, 6.45) is 7.59. The number of fused-ring (bicyclic) bond motifs is 1. The molecule has 7 rings (SSSR count). The van der Waals surface area contributed by atoms with Crippen LogP contribution in [-0.2, 0) is 6.54 Å². The van der Waals surface area contributed by atoms with Crippen molar-refractivity contribution in [2.24, 2.45) is 0 Å². The van der Waals surface area contributed by atoms with E-state index in [4.69, 9.17) is 28.2 Å². The molecular weight excluding hydrogens is 579 g/mol. The Hall–Kier alpha value is -3.71. The molecule has 1 aliphatic carbocycles. The van der Waals surface area contributed by atoms with Gasteiger partial charge in [-0.1, -0.05) is 53.5 Å². The van der Waals surface area contributed by atoms with Gasteiger partial charge in [0.1, 0.15) is 5.82 Å². The third-order valence-corrected chi connectivity index (χ3v) is 9.30. The van der Waals surface area contributed by atoms with E-state index < -0.39 is 5.97 Å². The zero-order valence-electron chi connectivity index (χ0n) is 23.7. The van der Waals surface area contributed by atoms with Crippen molar-refractivity contribution in [3.8, 4) is 0 Å². The topological polar surface area (TPSA) is 71.2 Å². The molecule has 43 heavy (non-hydrogen) atoms. The van der Waals surface area contributed by atoms with Crippen molar-refractivity contribution < 1.29 is 9.90 Å². The molecule has 0 spiro atoms. The van der Waals surface area contributed by atoms with E-state index in [0.29, 0.717) is 18.5 Å². The van der Waals surface area contributed by atoms with Crippen molar-refractivity contribution in [1.29, 1.82) is 0 Å². The standard InChI is InChI=1S/C35H32Cl2N4O2/c36-28-8-3-23(4-9-28)33(24-5-10-29(37)11-6-24)26-7-12-31-32(18-26)41(34(39-31)25-1-2-25)30-13-15-40(16-14-30)21-22-17-27(35(42)43)20-38-19-22/h3-12,17-20,25,30,33H,1-2,13-16,21H2,(H,42,43). The summed E-state index contributed by atoms with van der Waals surface area (Å²) in [7, 11) is 0. The van der Waals surface area contributed by atoms with Crippen LogP contribution in [0.15, 0.2) is 85.2 Å². The predicted octanol–water partition coefficient (Wildman–Crippen LogP) is 8.33. The van der Waals surface area contributed by atoms with Crippen LogP contribution in [-0.4, -0.2) is 43.6 Å². The SMILES string of the molecule is O=C(O)c1cncc(CN2CCC(n3c(C4CC4)nc4ccc(C(c5ccc(Cl)cc5)c5ccc(Cl)cc5)cc43)CC2)c1. The van der Waals surface area contributed by atoms with Gasteiger partial charge in [0, 0.05) is 60.0 Å². The third kappa shape index (κ3) is 5.92. The molecule has 8 heteroatoms. The van der Waals surface area contributed by atoms with E-state index in [1.165, 1.54) is 47.1 Å². The number of nitrogens with zero attached hydrogens (tertiary/aromatic N) is 4. The van der Waals surface area contributed by atoms with Crippen LogP contribution >= 0.6 is 23.2 Å². The summed E-state index contributed by atoms with van der Waals surface area (Å²) in [5.74, 6) is 0.839. The van der Waals surface area contributed by atoms with Gasteiger partial charge in [-0.05, 0) is 90.4 Å². The Morgan fingerprint density at radius 2 is 1.47 bits per heavy atom. The summed E-state index contributed by atoms with van der Waals surface area (Å²) in [6, 6.07) is 25.1. The zero-order chi connectivity index (χ0) is 29.5. The molecule has 0 bridgehead atoms. The first-order valence-corrected chi connectivity index (χ1v) is 15.6. The second-order valence-electron chi connectivity index (χ2n) is 11.8. The van der Waals surface area contributed by atoms with Gasteiger partial charge in [-0.15, -0.1) is 0 Å². The number of likely N-dealkylation sites (tertiary alicyclic amines) is 1. The van der Waals surface area contributed by atoms with Crippen LogP contribution in [0.5, 0.6) is 0 Å². The van der Waals surface area contributed by atoms with Crippen molar-refractivity contribution >= 4 is 40.2 Å². The Bertz CT molecular complexity index is 1730. The van der Waals surface area contributed by atoms with Crippen LogP contribution in [0, 0.1) is 0 Å². The molecule has 1 saturated carbocycles. The van der Waals surface area contributed by atoms with Gasteiger partial charge in [-0.25, -0.2) is 9.78 Å². The van der Waals surface area contributed by atoms with Gasteiger partial charge < -0.3 is 9.67 Å². The number of pyridine rings is 1. The van der Waals surface area contributed by atoms with Crippen molar-refractivity contribution in [2.75, 3.05) is 13.1 Å². The van der Waals surface area contributed by atoms with Crippen LogP contribution in [0.1, 0.15) is 82.0 Å². The smallest absolute Gasteiger partial charge is 0.337 e. The highest BCUT2D eigenvalue weighted by Gasteiger charge is 2.33. The van der Waals surface area contributed by atoms with E-state index in [0.717, 1.165) is 47.1 Å². The van der Waals surface area contributed by atoms with E-state index in [2.05, 4.69) is 56.9 Å². The van der Waals surface area contributed by atoms with Gasteiger partial charge >= 0.3 is 5.97 Å². The van der Waals surface area contributed by atoms with E-state index in [9.17, 15) is 9.90 Å². The van der Waals surface area contributed by atoms with Crippen LogP contribution in [0.25, 0.3) is 11.0 Å². The number of carboxylic acids is 1. The fourth-order valence-electron chi connectivity index (χ4n) is 6.49. The lowest BCUT2D eigenvalue weighted by molar-refractivity contribution is 0.0696. The highest BCUT2D eigenvalue weighted by molar-refractivity contribution is 6.30. The maximum Gasteiger partial charge on any atom is 0.337 e. The number of piperidine rings is 1. The van der Waals surface area contributed by atoms with E-state index in [1.807, 2.05) is 24.3 Å². The molecule has 3 heterocycles. The monoisotopic (exact) mass is 610 g/mol. The second-order valence-corrected chi connectivity index (χ2v) is 12.7. The van der Waals surface area contributed by atoms with Gasteiger partial charge in [0.15, 0.2) is 0 Å². The lowest BCUT2D eigenvalue weighted by atomic mass is 9.85. The number of rotatable bonds is 8. The van der Waals surface area contributed by atoms with E-state index in [-0.39, 0.29) is 11.5 Å². The number of benzene rings is 3. The maximum absolute atomic E-state index is 11.4. The molecule has 0 unspecified atom stereocenters.